The molecule has 1 N–H and O–H groups in total. The van der Waals surface area contributed by atoms with E-state index in [0.717, 1.165) is 30.8 Å². The van der Waals surface area contributed by atoms with Crippen molar-refractivity contribution in [2.45, 2.75) is 32.7 Å². The van der Waals surface area contributed by atoms with Gasteiger partial charge in [-0.05, 0) is 66.4 Å². The Bertz CT molecular complexity index is 966. The highest BCUT2D eigenvalue weighted by Gasteiger charge is 2.30. The van der Waals surface area contributed by atoms with Crippen LogP contribution in [0.2, 0.25) is 0 Å². The van der Waals surface area contributed by atoms with Crippen molar-refractivity contribution < 1.29 is 4.79 Å². The maximum absolute atomic E-state index is 12.9. The topological polar surface area (TPSA) is 75.9 Å². The van der Waals surface area contributed by atoms with Gasteiger partial charge in [0, 0.05) is 12.2 Å². The molecule has 1 aromatic heterocycles. The van der Waals surface area contributed by atoms with E-state index in [1.807, 2.05) is 48.2 Å². The number of benzene rings is 2. The minimum atomic E-state index is -0.0775. The summed E-state index contributed by atoms with van der Waals surface area (Å²) < 4.78 is 1.64. The number of aryl methyl sites for hydroxylation is 2. The van der Waals surface area contributed by atoms with Crippen molar-refractivity contribution in [1.82, 2.24) is 25.1 Å². The van der Waals surface area contributed by atoms with Crippen LogP contribution in [0.1, 0.15) is 35.8 Å². The zero-order valence-corrected chi connectivity index (χ0v) is 15.5. The summed E-state index contributed by atoms with van der Waals surface area (Å²) in [6.07, 6.45) is 2.00. The van der Waals surface area contributed by atoms with E-state index in [9.17, 15) is 4.79 Å². The second kappa shape index (κ2) is 7.19. The maximum atomic E-state index is 12.9. The molecule has 0 saturated carbocycles. The first kappa shape index (κ1) is 17.2. The molecule has 2 amide bonds. The number of aromatic nitrogens is 4. The molecular formula is C20H22N6O. The van der Waals surface area contributed by atoms with Crippen LogP contribution in [0.15, 0.2) is 48.5 Å². The van der Waals surface area contributed by atoms with Gasteiger partial charge in [0.25, 0.3) is 0 Å². The number of carbonyl (C=O) groups excluding carboxylic acids is 1. The Labute approximate surface area is 158 Å². The second-order valence-corrected chi connectivity index (χ2v) is 6.83. The summed E-state index contributed by atoms with van der Waals surface area (Å²) in [7, 11) is 0. The lowest BCUT2D eigenvalue weighted by Crippen LogP contribution is -2.34. The van der Waals surface area contributed by atoms with Crippen molar-refractivity contribution in [3.8, 4) is 5.69 Å². The third-order valence-electron chi connectivity index (χ3n) is 5.03. The predicted octanol–water partition coefficient (Wildman–Crippen LogP) is 3.65. The van der Waals surface area contributed by atoms with Crippen molar-refractivity contribution in [3.05, 3.63) is 65.5 Å². The monoisotopic (exact) mass is 362 g/mol. The summed E-state index contributed by atoms with van der Waals surface area (Å²) in [5, 5.41) is 14.6. The first-order valence-corrected chi connectivity index (χ1v) is 9.12. The van der Waals surface area contributed by atoms with Crippen LogP contribution < -0.4 is 5.32 Å². The van der Waals surface area contributed by atoms with Crippen molar-refractivity contribution in [3.63, 3.8) is 0 Å². The molecule has 7 nitrogen and oxygen atoms in total. The molecule has 1 saturated heterocycles. The van der Waals surface area contributed by atoms with Crippen molar-refractivity contribution >= 4 is 11.7 Å². The SMILES string of the molecule is Cc1ccccc1[C@@H]1CCCN1C(=O)Nc1cccc(-n2nnnc2C)c1. The molecule has 27 heavy (non-hydrogen) atoms. The molecule has 7 heteroatoms. The van der Waals surface area contributed by atoms with Crippen molar-refractivity contribution in [1.29, 1.82) is 0 Å². The fourth-order valence-corrected chi connectivity index (χ4v) is 3.67. The lowest BCUT2D eigenvalue weighted by molar-refractivity contribution is 0.207. The van der Waals surface area contributed by atoms with Gasteiger partial charge in [-0.2, -0.15) is 4.68 Å². The highest BCUT2D eigenvalue weighted by Crippen LogP contribution is 2.34. The average Bonchev–Trinajstić information content (AvgIpc) is 3.31. The third kappa shape index (κ3) is 3.40. The molecule has 2 aromatic carbocycles. The van der Waals surface area contributed by atoms with Crippen LogP contribution in [0, 0.1) is 13.8 Å². The molecule has 1 atom stereocenters. The molecule has 0 spiro atoms. The van der Waals surface area contributed by atoms with Gasteiger partial charge in [-0.1, -0.05) is 30.3 Å². The van der Waals surface area contributed by atoms with Crippen LogP contribution in [0.25, 0.3) is 5.69 Å². The van der Waals surface area contributed by atoms with E-state index in [0.29, 0.717) is 5.82 Å². The smallest absolute Gasteiger partial charge is 0.317 e. The van der Waals surface area contributed by atoms with E-state index in [4.69, 9.17) is 0 Å². The Morgan fingerprint density at radius 2 is 2.00 bits per heavy atom. The Morgan fingerprint density at radius 3 is 2.78 bits per heavy atom. The van der Waals surface area contributed by atoms with Crippen LogP contribution in [-0.4, -0.2) is 37.7 Å². The van der Waals surface area contributed by atoms with E-state index in [1.54, 1.807) is 4.68 Å². The van der Waals surface area contributed by atoms with E-state index in [-0.39, 0.29) is 12.1 Å². The minimum Gasteiger partial charge on any atom is -0.317 e. The summed E-state index contributed by atoms with van der Waals surface area (Å²) in [5.41, 5.74) is 3.98. The maximum Gasteiger partial charge on any atom is 0.322 e. The number of hydrogen-bond donors (Lipinski definition) is 1. The highest BCUT2D eigenvalue weighted by atomic mass is 16.2. The summed E-state index contributed by atoms with van der Waals surface area (Å²) in [6.45, 7) is 4.70. The number of anilines is 1. The highest BCUT2D eigenvalue weighted by molar-refractivity contribution is 5.90. The first-order valence-electron chi connectivity index (χ1n) is 9.12. The number of hydrogen-bond acceptors (Lipinski definition) is 4. The molecule has 1 aliphatic heterocycles. The van der Waals surface area contributed by atoms with Gasteiger partial charge in [0.2, 0.25) is 0 Å². The van der Waals surface area contributed by atoms with Crippen LogP contribution in [0.3, 0.4) is 0 Å². The minimum absolute atomic E-state index is 0.0775. The lowest BCUT2D eigenvalue weighted by Gasteiger charge is -2.26. The van der Waals surface area contributed by atoms with Crippen LogP contribution >= 0.6 is 0 Å². The number of likely N-dealkylation sites (tertiary alicyclic amines) is 1. The van der Waals surface area contributed by atoms with E-state index in [2.05, 4.69) is 39.9 Å². The zero-order chi connectivity index (χ0) is 18.8. The molecule has 4 rings (SSSR count). The van der Waals surface area contributed by atoms with Crippen molar-refractivity contribution in [2.24, 2.45) is 0 Å². The zero-order valence-electron chi connectivity index (χ0n) is 15.5. The Balaban J connectivity index is 1.54. The van der Waals surface area contributed by atoms with Crippen LogP contribution in [0.5, 0.6) is 0 Å². The quantitative estimate of drug-likeness (QED) is 0.772. The number of tetrazole rings is 1. The van der Waals surface area contributed by atoms with Gasteiger partial charge in [-0.25, -0.2) is 4.79 Å². The summed E-state index contributed by atoms with van der Waals surface area (Å²) in [4.78, 5) is 14.9. The van der Waals surface area contributed by atoms with Gasteiger partial charge < -0.3 is 10.2 Å². The number of carbonyl (C=O) groups is 1. The van der Waals surface area contributed by atoms with E-state index in [1.165, 1.54) is 11.1 Å². The first-order chi connectivity index (χ1) is 13.1. The van der Waals surface area contributed by atoms with E-state index < -0.39 is 0 Å². The molecule has 138 valence electrons. The number of nitrogens with zero attached hydrogens (tertiary/aromatic N) is 5. The number of amides is 2. The molecule has 3 aromatic rings. The number of rotatable bonds is 3. The van der Waals surface area contributed by atoms with Gasteiger partial charge in [0.05, 0.1) is 11.7 Å². The molecular weight excluding hydrogens is 340 g/mol. The van der Waals surface area contributed by atoms with Crippen LogP contribution in [-0.2, 0) is 0 Å². The third-order valence-corrected chi connectivity index (χ3v) is 5.03. The summed E-state index contributed by atoms with van der Waals surface area (Å²) in [6, 6.07) is 15.9. The van der Waals surface area contributed by atoms with Gasteiger partial charge >= 0.3 is 6.03 Å². The van der Waals surface area contributed by atoms with Gasteiger partial charge in [0.1, 0.15) is 0 Å². The fraction of sp³-hybridized carbons (Fsp3) is 0.300. The Kier molecular flexibility index (Phi) is 4.58. The van der Waals surface area contributed by atoms with Crippen molar-refractivity contribution in [2.75, 3.05) is 11.9 Å². The number of urea groups is 1. The Hall–Kier alpha value is -3.22. The van der Waals surface area contributed by atoms with Gasteiger partial charge in [-0.3, -0.25) is 0 Å². The predicted molar refractivity (Wildman–Crippen MR) is 103 cm³/mol. The molecule has 2 heterocycles. The molecule has 1 fully saturated rings. The molecule has 0 unspecified atom stereocenters. The molecule has 0 radical (unpaired) electrons. The second-order valence-electron chi connectivity index (χ2n) is 6.83. The fourth-order valence-electron chi connectivity index (χ4n) is 3.67. The molecule has 0 bridgehead atoms. The largest absolute Gasteiger partial charge is 0.322 e. The number of nitrogens with one attached hydrogen (secondary N) is 1. The Morgan fingerprint density at radius 1 is 1.15 bits per heavy atom. The molecule has 0 aliphatic carbocycles. The lowest BCUT2D eigenvalue weighted by atomic mass is 9.99. The van der Waals surface area contributed by atoms with E-state index >= 15 is 0 Å². The summed E-state index contributed by atoms with van der Waals surface area (Å²) in [5.74, 6) is 0.692. The normalized spacial score (nSPS) is 16.5. The summed E-state index contributed by atoms with van der Waals surface area (Å²) >= 11 is 0. The van der Waals surface area contributed by atoms with Gasteiger partial charge in [0.15, 0.2) is 5.82 Å². The van der Waals surface area contributed by atoms with Gasteiger partial charge in [-0.15, -0.1) is 5.10 Å². The standard InChI is InChI=1S/C20H22N6O/c1-14-7-3-4-10-18(14)19-11-6-12-25(19)20(27)21-16-8-5-9-17(13-16)26-15(2)22-23-24-26/h3-5,7-10,13,19H,6,11-12H2,1-2H3,(H,21,27)/t19-/m0/s1. The van der Waals surface area contributed by atoms with Crippen LogP contribution in [0.4, 0.5) is 10.5 Å². The molecule has 1 aliphatic rings. The average molecular weight is 362 g/mol.